The highest BCUT2D eigenvalue weighted by Crippen LogP contribution is 2.30. The lowest BCUT2D eigenvalue weighted by molar-refractivity contribution is -0.113. The number of nitrogens with one attached hydrogen (secondary N) is 1. The van der Waals surface area contributed by atoms with Crippen molar-refractivity contribution in [3.8, 4) is 0 Å². The van der Waals surface area contributed by atoms with E-state index in [1.54, 1.807) is 11.8 Å². The van der Waals surface area contributed by atoms with Gasteiger partial charge in [0.2, 0.25) is 5.91 Å². The highest BCUT2D eigenvalue weighted by atomic mass is 79.9. The van der Waals surface area contributed by atoms with E-state index in [0.29, 0.717) is 5.75 Å². The third kappa shape index (κ3) is 4.59. The van der Waals surface area contributed by atoms with Crippen LogP contribution in [0.2, 0.25) is 0 Å². The number of anilines is 1. The molecule has 2 aromatic rings. The molecule has 2 rings (SSSR count). The van der Waals surface area contributed by atoms with Crippen LogP contribution in [0.15, 0.2) is 50.2 Å². The van der Waals surface area contributed by atoms with Gasteiger partial charge in [0, 0.05) is 13.8 Å². The van der Waals surface area contributed by atoms with Gasteiger partial charge in [0.1, 0.15) is 0 Å². The molecule has 0 aromatic heterocycles. The first kappa shape index (κ1) is 16.6. The van der Waals surface area contributed by atoms with Crippen LogP contribution in [0, 0.1) is 13.8 Å². The summed E-state index contributed by atoms with van der Waals surface area (Å²) >= 11 is 8.47. The summed E-state index contributed by atoms with van der Waals surface area (Å²) in [5.74, 6) is 0.390. The van der Waals surface area contributed by atoms with Gasteiger partial charge in [-0.25, -0.2) is 0 Å². The first-order valence-corrected chi connectivity index (χ1v) is 8.98. The molecule has 0 saturated carbocycles. The third-order valence-corrected chi connectivity index (χ3v) is 5.23. The highest BCUT2D eigenvalue weighted by molar-refractivity contribution is 9.11. The molecule has 1 amide bonds. The number of rotatable bonds is 4. The molecule has 0 aliphatic rings. The number of thioether (sulfide) groups is 1. The van der Waals surface area contributed by atoms with Gasteiger partial charge in [0.25, 0.3) is 0 Å². The molecule has 0 atom stereocenters. The van der Waals surface area contributed by atoms with Gasteiger partial charge >= 0.3 is 0 Å². The van der Waals surface area contributed by atoms with E-state index in [-0.39, 0.29) is 5.91 Å². The molecule has 2 nitrogen and oxygen atoms in total. The van der Waals surface area contributed by atoms with Gasteiger partial charge in [-0.05, 0) is 59.1 Å². The van der Waals surface area contributed by atoms with Crippen LogP contribution >= 0.6 is 43.6 Å². The highest BCUT2D eigenvalue weighted by Gasteiger charge is 2.10. The van der Waals surface area contributed by atoms with Crippen LogP contribution in [-0.4, -0.2) is 11.7 Å². The Hall–Kier alpha value is -0.780. The molecule has 0 aliphatic heterocycles. The molecule has 0 bridgehead atoms. The van der Waals surface area contributed by atoms with Gasteiger partial charge in [-0.15, -0.1) is 11.8 Å². The third-order valence-electron chi connectivity index (χ3n) is 2.97. The Kier molecular flexibility index (Phi) is 5.90. The fourth-order valence-corrected chi connectivity index (χ4v) is 4.26. The fraction of sp³-hybridized carbons (Fsp3) is 0.188. The minimum absolute atomic E-state index is 0.00521. The van der Waals surface area contributed by atoms with Gasteiger partial charge < -0.3 is 5.32 Å². The lowest BCUT2D eigenvalue weighted by atomic mass is 10.2. The van der Waals surface area contributed by atoms with Gasteiger partial charge in [-0.2, -0.15) is 0 Å². The zero-order valence-electron chi connectivity index (χ0n) is 11.7. The van der Waals surface area contributed by atoms with E-state index in [4.69, 9.17) is 0 Å². The Morgan fingerprint density at radius 2 is 1.86 bits per heavy atom. The minimum Gasteiger partial charge on any atom is -0.324 e. The van der Waals surface area contributed by atoms with Crippen molar-refractivity contribution in [1.29, 1.82) is 0 Å². The van der Waals surface area contributed by atoms with Gasteiger partial charge in [-0.1, -0.05) is 34.1 Å². The summed E-state index contributed by atoms with van der Waals surface area (Å²) in [6, 6.07) is 12.0. The smallest absolute Gasteiger partial charge is 0.234 e. The molecule has 0 saturated heterocycles. The van der Waals surface area contributed by atoms with E-state index >= 15 is 0 Å². The lowest BCUT2D eigenvalue weighted by Crippen LogP contribution is -2.15. The molecule has 2 aromatic carbocycles. The monoisotopic (exact) mass is 427 g/mol. The molecular weight excluding hydrogens is 414 g/mol. The normalized spacial score (nSPS) is 10.5. The maximum absolute atomic E-state index is 12.1. The predicted molar refractivity (Wildman–Crippen MR) is 97.1 cm³/mol. The van der Waals surface area contributed by atoms with Crippen molar-refractivity contribution in [2.24, 2.45) is 0 Å². The number of hydrogen-bond acceptors (Lipinski definition) is 2. The summed E-state index contributed by atoms with van der Waals surface area (Å²) < 4.78 is 1.86. The number of hydrogen-bond donors (Lipinski definition) is 1. The number of amides is 1. The molecule has 5 heteroatoms. The maximum Gasteiger partial charge on any atom is 0.234 e. The van der Waals surface area contributed by atoms with E-state index in [2.05, 4.69) is 50.2 Å². The average molecular weight is 429 g/mol. The van der Waals surface area contributed by atoms with Crippen LogP contribution in [0.4, 0.5) is 5.69 Å². The fourth-order valence-electron chi connectivity index (χ4n) is 1.90. The maximum atomic E-state index is 12.1. The molecular formula is C16H15Br2NOS. The first-order valence-electron chi connectivity index (χ1n) is 6.41. The second-order valence-corrected chi connectivity index (χ2v) is 7.47. The number of carbonyl (C=O) groups is 1. The molecule has 0 aliphatic carbocycles. The Labute approximate surface area is 146 Å². The van der Waals surface area contributed by atoms with Crippen molar-refractivity contribution in [2.45, 2.75) is 18.7 Å². The van der Waals surface area contributed by atoms with Crippen LogP contribution in [0.3, 0.4) is 0 Å². The average Bonchev–Trinajstić information content (AvgIpc) is 2.42. The largest absolute Gasteiger partial charge is 0.324 e. The number of carbonyl (C=O) groups excluding carboxylic acids is 1. The topological polar surface area (TPSA) is 29.1 Å². The zero-order chi connectivity index (χ0) is 15.4. The van der Waals surface area contributed by atoms with Crippen LogP contribution in [0.5, 0.6) is 0 Å². The number of halogens is 2. The van der Waals surface area contributed by atoms with Crippen molar-refractivity contribution in [3.63, 3.8) is 0 Å². The van der Waals surface area contributed by atoms with Gasteiger partial charge in [-0.3, -0.25) is 4.79 Å². The van der Waals surface area contributed by atoms with Gasteiger partial charge in [0.05, 0.1) is 11.4 Å². The standard InChI is InChI=1S/C16H15Br2NOS/c1-10-5-3-4-6-14(10)21-9-15(20)19-16-11(2)7-12(17)8-13(16)18/h3-8H,9H2,1-2H3,(H,19,20). The summed E-state index contributed by atoms with van der Waals surface area (Å²) in [6.45, 7) is 4.02. The van der Waals surface area contributed by atoms with Crippen molar-refractivity contribution >= 4 is 55.2 Å². The molecule has 0 spiro atoms. The Bertz CT molecular complexity index is 650. The zero-order valence-corrected chi connectivity index (χ0v) is 15.7. The molecule has 1 N–H and O–H groups in total. The second-order valence-electron chi connectivity index (χ2n) is 4.68. The summed E-state index contributed by atoms with van der Waals surface area (Å²) in [5, 5.41) is 2.97. The van der Waals surface area contributed by atoms with Crippen LogP contribution in [0.1, 0.15) is 11.1 Å². The van der Waals surface area contributed by atoms with Crippen LogP contribution in [-0.2, 0) is 4.79 Å². The number of benzene rings is 2. The van der Waals surface area contributed by atoms with Crippen molar-refractivity contribution in [2.75, 3.05) is 11.1 Å². The van der Waals surface area contributed by atoms with Crippen molar-refractivity contribution in [1.82, 2.24) is 0 Å². The molecule has 21 heavy (non-hydrogen) atoms. The van der Waals surface area contributed by atoms with E-state index in [0.717, 1.165) is 25.1 Å². The number of aryl methyl sites for hydroxylation is 2. The molecule has 110 valence electrons. The Balaban J connectivity index is 2.01. The van der Waals surface area contributed by atoms with Crippen molar-refractivity contribution < 1.29 is 4.79 Å². The summed E-state index contributed by atoms with van der Waals surface area (Å²) in [5.41, 5.74) is 3.04. The quantitative estimate of drug-likeness (QED) is 0.645. The SMILES string of the molecule is Cc1ccccc1SCC(=O)Nc1c(C)cc(Br)cc1Br. The molecule has 0 heterocycles. The second kappa shape index (κ2) is 7.47. The predicted octanol–water partition coefficient (Wildman–Crippen LogP) is 5.56. The Morgan fingerprint density at radius 3 is 2.52 bits per heavy atom. The van der Waals surface area contributed by atoms with E-state index in [1.165, 1.54) is 5.56 Å². The summed E-state index contributed by atoms with van der Waals surface area (Å²) in [4.78, 5) is 13.3. The minimum atomic E-state index is -0.00521. The first-order chi connectivity index (χ1) is 9.97. The van der Waals surface area contributed by atoms with E-state index in [9.17, 15) is 4.79 Å². The van der Waals surface area contributed by atoms with E-state index in [1.807, 2.05) is 37.3 Å². The van der Waals surface area contributed by atoms with E-state index < -0.39 is 0 Å². The van der Waals surface area contributed by atoms with Gasteiger partial charge in [0.15, 0.2) is 0 Å². The van der Waals surface area contributed by atoms with Crippen LogP contribution < -0.4 is 5.32 Å². The van der Waals surface area contributed by atoms with Crippen LogP contribution in [0.25, 0.3) is 0 Å². The molecule has 0 unspecified atom stereocenters. The molecule has 0 fully saturated rings. The molecule has 0 radical (unpaired) electrons. The summed E-state index contributed by atoms with van der Waals surface area (Å²) in [7, 11) is 0. The Morgan fingerprint density at radius 1 is 1.14 bits per heavy atom. The lowest BCUT2D eigenvalue weighted by Gasteiger charge is -2.11. The summed E-state index contributed by atoms with van der Waals surface area (Å²) in [6.07, 6.45) is 0. The van der Waals surface area contributed by atoms with Crippen molar-refractivity contribution in [3.05, 3.63) is 56.5 Å².